The van der Waals surface area contributed by atoms with E-state index in [9.17, 15) is 4.79 Å². The van der Waals surface area contributed by atoms with E-state index in [2.05, 4.69) is 31.9 Å². The lowest BCUT2D eigenvalue weighted by atomic mass is 10.1. The molecule has 0 spiro atoms. The first kappa shape index (κ1) is 13.6. The molecule has 0 radical (unpaired) electrons. The van der Waals surface area contributed by atoms with Crippen molar-refractivity contribution in [3.8, 4) is 0 Å². The van der Waals surface area contributed by atoms with Crippen molar-refractivity contribution in [3.05, 3.63) is 53.0 Å². The predicted octanol–water partition coefficient (Wildman–Crippen LogP) is 5.81. The summed E-state index contributed by atoms with van der Waals surface area (Å²) in [6, 6.07) is 6.80. The second-order valence-corrected chi connectivity index (χ2v) is 6.96. The average Bonchev–Trinajstić information content (AvgIpc) is 2.62. The largest absolute Gasteiger partial charge is 0.288 e. The lowest BCUT2D eigenvalue weighted by Crippen LogP contribution is -1.98. The molecular weight excluding hydrogens is 411 g/mol. The standard InChI is InChI=1S/C11H4Br2Cl2OS/c12-6-3-5(1-2-8(6)14)10(16)9-4-7(13)11(15)17-9/h1-4H. The molecule has 2 aromatic rings. The van der Waals surface area contributed by atoms with Gasteiger partial charge in [-0.25, -0.2) is 0 Å². The van der Waals surface area contributed by atoms with Gasteiger partial charge in [0.2, 0.25) is 5.78 Å². The van der Waals surface area contributed by atoms with Crippen molar-refractivity contribution in [3.63, 3.8) is 0 Å². The molecule has 0 atom stereocenters. The SMILES string of the molecule is O=C(c1ccc(Cl)c(Br)c1)c1cc(Br)c(Cl)s1. The lowest BCUT2D eigenvalue weighted by Gasteiger charge is -2.00. The summed E-state index contributed by atoms with van der Waals surface area (Å²) in [4.78, 5) is 12.7. The minimum atomic E-state index is -0.0695. The second kappa shape index (κ2) is 5.41. The molecule has 0 aliphatic carbocycles. The van der Waals surface area contributed by atoms with Crippen molar-refractivity contribution in [1.29, 1.82) is 0 Å². The van der Waals surface area contributed by atoms with Gasteiger partial charge >= 0.3 is 0 Å². The van der Waals surface area contributed by atoms with E-state index in [1.54, 1.807) is 24.3 Å². The molecule has 1 nitrogen and oxygen atoms in total. The van der Waals surface area contributed by atoms with Gasteiger partial charge < -0.3 is 0 Å². The predicted molar refractivity (Wildman–Crippen MR) is 79.6 cm³/mol. The fraction of sp³-hybridized carbons (Fsp3) is 0. The number of carbonyl (C=O) groups excluding carboxylic acids is 1. The third kappa shape index (κ3) is 2.93. The Morgan fingerprint density at radius 2 is 1.82 bits per heavy atom. The lowest BCUT2D eigenvalue weighted by molar-refractivity contribution is 0.104. The summed E-state index contributed by atoms with van der Waals surface area (Å²) in [5, 5.41) is 0.576. The minimum absolute atomic E-state index is 0.0695. The highest BCUT2D eigenvalue weighted by atomic mass is 79.9. The summed E-state index contributed by atoms with van der Waals surface area (Å²) in [6.07, 6.45) is 0. The van der Waals surface area contributed by atoms with Crippen LogP contribution in [0.1, 0.15) is 15.2 Å². The first-order valence-corrected chi connectivity index (χ1v) is 7.59. The van der Waals surface area contributed by atoms with Gasteiger partial charge in [-0.3, -0.25) is 4.79 Å². The molecule has 6 heteroatoms. The van der Waals surface area contributed by atoms with Gasteiger partial charge in [-0.05, 0) is 56.1 Å². The molecule has 88 valence electrons. The van der Waals surface area contributed by atoms with Crippen LogP contribution in [-0.4, -0.2) is 5.78 Å². The first-order chi connectivity index (χ1) is 7.99. The Bertz CT molecular complexity index is 576. The Morgan fingerprint density at radius 1 is 1.12 bits per heavy atom. The minimum Gasteiger partial charge on any atom is -0.288 e. The van der Waals surface area contributed by atoms with Gasteiger partial charge in [-0.2, -0.15) is 0 Å². The molecule has 2 rings (SSSR count). The molecule has 0 fully saturated rings. The Kier molecular flexibility index (Phi) is 4.31. The molecule has 0 unspecified atom stereocenters. The Balaban J connectivity index is 2.40. The van der Waals surface area contributed by atoms with Crippen molar-refractivity contribution in [2.75, 3.05) is 0 Å². The summed E-state index contributed by atoms with van der Waals surface area (Å²) in [6.45, 7) is 0. The molecule has 1 aromatic heterocycles. The van der Waals surface area contributed by atoms with Gasteiger partial charge in [0.25, 0.3) is 0 Å². The quantitative estimate of drug-likeness (QED) is 0.566. The normalized spacial score (nSPS) is 10.6. The van der Waals surface area contributed by atoms with Crippen LogP contribution in [0.3, 0.4) is 0 Å². The first-order valence-electron chi connectivity index (χ1n) is 4.43. The highest BCUT2D eigenvalue weighted by Gasteiger charge is 2.15. The number of hydrogen-bond donors (Lipinski definition) is 0. The fourth-order valence-corrected chi connectivity index (χ4v) is 3.40. The fourth-order valence-electron chi connectivity index (χ4n) is 1.24. The number of carbonyl (C=O) groups is 1. The van der Waals surface area contributed by atoms with E-state index >= 15 is 0 Å². The van der Waals surface area contributed by atoms with Crippen LogP contribution >= 0.6 is 66.4 Å². The van der Waals surface area contributed by atoms with Crippen molar-refractivity contribution >= 4 is 72.2 Å². The molecular formula is C11H4Br2Cl2OS. The zero-order valence-electron chi connectivity index (χ0n) is 8.14. The summed E-state index contributed by atoms with van der Waals surface area (Å²) in [7, 11) is 0. The summed E-state index contributed by atoms with van der Waals surface area (Å²) in [5.74, 6) is -0.0695. The van der Waals surface area contributed by atoms with Gasteiger partial charge in [0, 0.05) is 14.5 Å². The van der Waals surface area contributed by atoms with E-state index in [1.165, 1.54) is 11.3 Å². The Morgan fingerprint density at radius 3 is 2.35 bits per heavy atom. The molecule has 0 saturated heterocycles. The van der Waals surface area contributed by atoms with Crippen molar-refractivity contribution in [2.45, 2.75) is 0 Å². The van der Waals surface area contributed by atoms with E-state index < -0.39 is 0 Å². The van der Waals surface area contributed by atoms with Gasteiger partial charge in [0.1, 0.15) is 4.34 Å². The highest BCUT2D eigenvalue weighted by molar-refractivity contribution is 9.11. The molecule has 0 aliphatic rings. The van der Waals surface area contributed by atoms with Crippen LogP contribution in [0, 0.1) is 0 Å². The van der Waals surface area contributed by atoms with Crippen LogP contribution in [0.15, 0.2) is 33.2 Å². The number of rotatable bonds is 2. The van der Waals surface area contributed by atoms with E-state index in [0.717, 1.165) is 4.47 Å². The van der Waals surface area contributed by atoms with Gasteiger partial charge in [0.05, 0.1) is 9.90 Å². The van der Waals surface area contributed by atoms with Crippen molar-refractivity contribution in [1.82, 2.24) is 0 Å². The molecule has 0 aliphatic heterocycles. The van der Waals surface area contributed by atoms with Gasteiger partial charge in [-0.1, -0.05) is 23.2 Å². The second-order valence-electron chi connectivity index (χ2n) is 3.19. The number of halogens is 4. The zero-order chi connectivity index (χ0) is 12.6. The van der Waals surface area contributed by atoms with Crippen LogP contribution in [0.25, 0.3) is 0 Å². The molecule has 0 amide bonds. The monoisotopic (exact) mass is 412 g/mol. The van der Waals surface area contributed by atoms with E-state index in [1.807, 2.05) is 0 Å². The molecule has 1 aromatic carbocycles. The number of ketones is 1. The number of hydrogen-bond acceptors (Lipinski definition) is 2. The van der Waals surface area contributed by atoms with Crippen LogP contribution in [0.5, 0.6) is 0 Å². The molecule has 0 saturated carbocycles. The maximum absolute atomic E-state index is 12.1. The highest BCUT2D eigenvalue weighted by Crippen LogP contribution is 2.33. The Labute approximate surface area is 129 Å². The number of benzene rings is 1. The number of thiophene rings is 1. The summed E-state index contributed by atoms with van der Waals surface area (Å²) in [5.41, 5.74) is 0.576. The topological polar surface area (TPSA) is 17.1 Å². The molecule has 1 heterocycles. The van der Waals surface area contributed by atoms with E-state index in [4.69, 9.17) is 23.2 Å². The van der Waals surface area contributed by atoms with Crippen molar-refractivity contribution in [2.24, 2.45) is 0 Å². The van der Waals surface area contributed by atoms with E-state index in [-0.39, 0.29) is 5.78 Å². The summed E-state index contributed by atoms with van der Waals surface area (Å²) < 4.78 is 2.01. The van der Waals surface area contributed by atoms with Crippen molar-refractivity contribution < 1.29 is 4.79 Å². The summed E-state index contributed by atoms with van der Waals surface area (Å²) >= 11 is 19.6. The molecule has 0 bridgehead atoms. The smallest absolute Gasteiger partial charge is 0.203 e. The maximum Gasteiger partial charge on any atom is 0.203 e. The Hall–Kier alpha value is 0.130. The molecule has 17 heavy (non-hydrogen) atoms. The van der Waals surface area contributed by atoms with Crippen LogP contribution in [-0.2, 0) is 0 Å². The zero-order valence-corrected chi connectivity index (χ0v) is 13.6. The third-order valence-electron chi connectivity index (χ3n) is 2.05. The maximum atomic E-state index is 12.1. The van der Waals surface area contributed by atoms with Crippen LogP contribution in [0.4, 0.5) is 0 Å². The third-order valence-corrected chi connectivity index (χ3v) is 5.74. The van der Waals surface area contributed by atoms with Crippen LogP contribution < -0.4 is 0 Å². The molecule has 0 N–H and O–H groups in total. The van der Waals surface area contributed by atoms with E-state index in [0.29, 0.717) is 24.3 Å². The van der Waals surface area contributed by atoms with Gasteiger partial charge in [0.15, 0.2) is 0 Å². The van der Waals surface area contributed by atoms with Gasteiger partial charge in [-0.15, -0.1) is 11.3 Å². The van der Waals surface area contributed by atoms with Crippen LogP contribution in [0.2, 0.25) is 9.36 Å². The average molecular weight is 415 g/mol.